The van der Waals surface area contributed by atoms with Crippen molar-refractivity contribution in [3.63, 3.8) is 0 Å². The van der Waals surface area contributed by atoms with Crippen LogP contribution in [0.3, 0.4) is 0 Å². The summed E-state index contributed by atoms with van der Waals surface area (Å²) in [6, 6.07) is 16.2. The van der Waals surface area contributed by atoms with E-state index in [1.54, 1.807) is 84.6 Å². The average Bonchev–Trinajstić information content (AvgIpc) is 3.73. The van der Waals surface area contributed by atoms with Crippen LogP contribution in [-0.2, 0) is 19.9 Å². The molecule has 0 atom stereocenters. The number of thiazole rings is 1. The molecule has 12 heteroatoms. The molecule has 11 nitrogen and oxygen atoms in total. The van der Waals surface area contributed by atoms with Crippen molar-refractivity contribution < 1.29 is 14.3 Å². The molecule has 6 aromatic heterocycles. The lowest BCUT2D eigenvalue weighted by atomic mass is 10.1. The number of ether oxygens (including phenoxy) is 1. The molecule has 0 fully saturated rings. The molecule has 6 rings (SSSR count). The Bertz CT molecular complexity index is 1810. The second-order valence-electron chi connectivity index (χ2n) is 9.44. The molecule has 6 heterocycles. The van der Waals surface area contributed by atoms with Crippen molar-refractivity contribution in [3.8, 4) is 11.5 Å². The lowest BCUT2D eigenvalue weighted by molar-refractivity contribution is 0.0979. The molecular weight excluding hydrogens is 576 g/mol. The topological polar surface area (TPSA) is 129 Å². The Morgan fingerprint density at radius 3 is 2.23 bits per heavy atom. The Morgan fingerprint density at radius 1 is 0.795 bits per heavy atom. The zero-order valence-electron chi connectivity index (χ0n) is 24.0. The lowest BCUT2D eigenvalue weighted by Crippen LogP contribution is -2.12. The molecule has 44 heavy (non-hydrogen) atoms. The highest BCUT2D eigenvalue weighted by Crippen LogP contribution is 2.23. The van der Waals surface area contributed by atoms with E-state index < -0.39 is 0 Å². The molecule has 6 aromatic rings. The first-order chi connectivity index (χ1) is 21.4. The van der Waals surface area contributed by atoms with Gasteiger partial charge in [0.2, 0.25) is 0 Å². The van der Waals surface area contributed by atoms with Crippen molar-refractivity contribution >= 4 is 34.3 Å². The normalized spacial score (nSPS) is 10.4. The summed E-state index contributed by atoms with van der Waals surface area (Å²) in [5.74, 6) is 1.02. The first kappa shape index (κ1) is 29.9. The van der Waals surface area contributed by atoms with Gasteiger partial charge in [-0.3, -0.25) is 34.2 Å². The molecule has 0 amide bonds. The maximum absolute atomic E-state index is 12.3. The number of pyridine rings is 4. The smallest absolute Gasteiger partial charge is 0.188 e. The number of carbonyl (C=O) groups excluding carboxylic acids is 2. The molecule has 0 aromatic carbocycles. The fourth-order valence-corrected chi connectivity index (χ4v) is 4.65. The van der Waals surface area contributed by atoms with Crippen LogP contribution in [0, 0.1) is 0 Å². The van der Waals surface area contributed by atoms with E-state index in [1.165, 1.54) is 11.3 Å². The number of hydrogen-bond donors (Lipinski definition) is 0. The Labute approximate surface area is 257 Å². The van der Waals surface area contributed by atoms with Gasteiger partial charge >= 0.3 is 0 Å². The van der Waals surface area contributed by atoms with Crippen molar-refractivity contribution in [1.82, 2.24) is 34.7 Å². The van der Waals surface area contributed by atoms with E-state index in [0.29, 0.717) is 28.6 Å². The molecule has 0 saturated heterocycles. The van der Waals surface area contributed by atoms with Crippen LogP contribution in [0.2, 0.25) is 0 Å². The SMILES string of the molecule is CN(c1cccnc1)c1ccnc(C(=O)Cc2nccs2)c1.Cn1ccc(CC(=O)c2cc(Oc3cccnc3)ccn2)n1. The first-order valence-corrected chi connectivity index (χ1v) is 14.4. The van der Waals surface area contributed by atoms with Crippen LogP contribution in [0.15, 0.2) is 110 Å². The number of rotatable bonds is 10. The van der Waals surface area contributed by atoms with E-state index in [0.717, 1.165) is 16.4 Å². The van der Waals surface area contributed by atoms with E-state index in [-0.39, 0.29) is 24.4 Å². The van der Waals surface area contributed by atoms with Gasteiger partial charge < -0.3 is 9.64 Å². The highest BCUT2D eigenvalue weighted by molar-refractivity contribution is 7.09. The van der Waals surface area contributed by atoms with Gasteiger partial charge in [0.15, 0.2) is 11.6 Å². The molecular formula is C32H28N8O3S. The van der Waals surface area contributed by atoms with E-state index in [1.807, 2.05) is 48.6 Å². The summed E-state index contributed by atoms with van der Waals surface area (Å²) in [6.45, 7) is 0. The van der Waals surface area contributed by atoms with Gasteiger partial charge in [-0.1, -0.05) is 0 Å². The number of hydrogen-bond acceptors (Lipinski definition) is 11. The minimum Gasteiger partial charge on any atom is -0.456 e. The third kappa shape index (κ3) is 8.23. The van der Waals surface area contributed by atoms with Crippen molar-refractivity contribution in [1.29, 1.82) is 0 Å². The Morgan fingerprint density at radius 2 is 1.55 bits per heavy atom. The number of nitrogens with zero attached hydrogens (tertiary/aromatic N) is 8. The van der Waals surface area contributed by atoms with Gasteiger partial charge in [0, 0.05) is 68.4 Å². The minimum atomic E-state index is -0.102. The summed E-state index contributed by atoms with van der Waals surface area (Å²) in [7, 11) is 3.75. The second kappa shape index (κ2) is 14.5. The maximum atomic E-state index is 12.3. The fraction of sp³-hybridized carbons (Fsp3) is 0.125. The molecule has 220 valence electrons. The van der Waals surface area contributed by atoms with Gasteiger partial charge in [0.05, 0.1) is 36.6 Å². The third-order valence-electron chi connectivity index (χ3n) is 6.24. The maximum Gasteiger partial charge on any atom is 0.188 e. The number of aryl methyl sites for hydroxylation is 1. The monoisotopic (exact) mass is 604 g/mol. The molecule has 0 saturated carbocycles. The first-order valence-electron chi connectivity index (χ1n) is 13.5. The van der Waals surface area contributed by atoms with E-state index >= 15 is 0 Å². The van der Waals surface area contributed by atoms with Gasteiger partial charge in [-0.05, 0) is 48.5 Å². The van der Waals surface area contributed by atoms with Gasteiger partial charge in [-0.15, -0.1) is 11.3 Å². The summed E-state index contributed by atoms with van der Waals surface area (Å²) in [5, 5.41) is 6.86. The molecule has 0 N–H and O–H groups in total. The standard InChI is InChI=1S/C16H14N4O2.C16H14N4OS/c1-20-8-5-12(19-20)9-16(21)15-10-13(4-7-18-15)22-14-3-2-6-17-11-14;1-20(13-3-2-5-17-11-13)12-4-6-18-14(9-12)15(21)10-16-19-7-8-22-16/h2-8,10-11H,9H2,1H3;2-9,11H,10H2,1H3. The Kier molecular flexibility index (Phi) is 9.85. The molecule has 0 aliphatic carbocycles. The van der Waals surface area contributed by atoms with Crippen LogP contribution >= 0.6 is 11.3 Å². The van der Waals surface area contributed by atoms with Gasteiger partial charge in [-0.2, -0.15) is 5.10 Å². The second-order valence-corrected chi connectivity index (χ2v) is 10.4. The quantitative estimate of drug-likeness (QED) is 0.183. The summed E-state index contributed by atoms with van der Waals surface area (Å²) < 4.78 is 7.31. The summed E-state index contributed by atoms with van der Waals surface area (Å²) >= 11 is 1.47. The molecule has 0 aliphatic heterocycles. The van der Waals surface area contributed by atoms with Gasteiger partial charge in [-0.25, -0.2) is 4.98 Å². The van der Waals surface area contributed by atoms with Crippen molar-refractivity contribution in [2.45, 2.75) is 12.8 Å². The minimum absolute atomic E-state index is 0.0311. The van der Waals surface area contributed by atoms with Crippen molar-refractivity contribution in [2.75, 3.05) is 11.9 Å². The fourth-order valence-electron chi connectivity index (χ4n) is 4.03. The molecule has 0 spiro atoms. The Balaban J connectivity index is 0.000000175. The zero-order valence-corrected chi connectivity index (χ0v) is 24.8. The van der Waals surface area contributed by atoms with E-state index in [9.17, 15) is 9.59 Å². The molecule has 0 radical (unpaired) electrons. The van der Waals surface area contributed by atoms with Crippen LogP contribution < -0.4 is 9.64 Å². The third-order valence-corrected chi connectivity index (χ3v) is 7.02. The number of aromatic nitrogens is 7. The van der Waals surface area contributed by atoms with Crippen molar-refractivity contribution in [3.05, 3.63) is 132 Å². The average molecular weight is 605 g/mol. The van der Waals surface area contributed by atoms with Crippen LogP contribution in [-0.4, -0.2) is 53.3 Å². The predicted molar refractivity (Wildman–Crippen MR) is 166 cm³/mol. The van der Waals surface area contributed by atoms with E-state index in [2.05, 4.69) is 30.0 Å². The summed E-state index contributed by atoms with van der Waals surface area (Å²) in [4.78, 5) is 47.0. The number of Topliss-reactive ketones (excluding diaryl/α,β-unsaturated/α-hetero) is 2. The molecule has 0 unspecified atom stereocenters. The van der Waals surface area contributed by atoms with Crippen LogP contribution in [0.5, 0.6) is 11.5 Å². The van der Waals surface area contributed by atoms with Crippen LogP contribution in [0.25, 0.3) is 0 Å². The van der Waals surface area contributed by atoms with Gasteiger partial charge in [0.1, 0.15) is 27.9 Å². The number of carbonyl (C=O) groups is 2. The largest absolute Gasteiger partial charge is 0.456 e. The lowest BCUT2D eigenvalue weighted by Gasteiger charge is -2.19. The van der Waals surface area contributed by atoms with Crippen LogP contribution in [0.1, 0.15) is 31.7 Å². The van der Waals surface area contributed by atoms with Crippen molar-refractivity contribution in [2.24, 2.45) is 7.05 Å². The predicted octanol–water partition coefficient (Wildman–Crippen LogP) is 5.55. The number of anilines is 2. The summed E-state index contributed by atoms with van der Waals surface area (Å²) in [5.41, 5.74) is 3.36. The van der Waals surface area contributed by atoms with Crippen LogP contribution in [0.4, 0.5) is 11.4 Å². The molecule has 0 bridgehead atoms. The van der Waals surface area contributed by atoms with E-state index in [4.69, 9.17) is 4.74 Å². The molecule has 0 aliphatic rings. The summed E-state index contributed by atoms with van der Waals surface area (Å²) in [6.07, 6.45) is 14.0. The van der Waals surface area contributed by atoms with Gasteiger partial charge in [0.25, 0.3) is 0 Å². The number of ketones is 2. The highest BCUT2D eigenvalue weighted by Gasteiger charge is 2.14. The Hall–Kier alpha value is -5.62. The highest BCUT2D eigenvalue weighted by atomic mass is 32.1. The zero-order chi connectivity index (χ0) is 30.7.